The van der Waals surface area contributed by atoms with Crippen molar-refractivity contribution in [2.45, 2.75) is 31.8 Å². The van der Waals surface area contributed by atoms with Crippen LogP contribution >= 0.6 is 0 Å². The second-order valence-electron chi connectivity index (χ2n) is 6.15. The van der Waals surface area contributed by atoms with Crippen LogP contribution in [0.2, 0.25) is 0 Å². The zero-order chi connectivity index (χ0) is 17.3. The van der Waals surface area contributed by atoms with Gasteiger partial charge in [0.2, 0.25) is 0 Å². The zero-order valence-corrected chi connectivity index (χ0v) is 14.3. The normalized spacial score (nSPS) is 17.5. The van der Waals surface area contributed by atoms with Crippen molar-refractivity contribution >= 4 is 5.91 Å². The van der Waals surface area contributed by atoms with Gasteiger partial charge in [-0.15, -0.1) is 0 Å². The number of nitrogens with zero attached hydrogens (tertiary/aromatic N) is 3. The predicted octanol–water partition coefficient (Wildman–Crippen LogP) is 2.03. The Kier molecular flexibility index (Phi) is 6.34. The summed E-state index contributed by atoms with van der Waals surface area (Å²) in [7, 11) is 0. The van der Waals surface area contributed by atoms with Crippen molar-refractivity contribution in [3.8, 4) is 5.75 Å². The maximum atomic E-state index is 12.9. The lowest BCUT2D eigenvalue weighted by atomic mass is 10.1. The molecule has 2 aromatic heterocycles. The van der Waals surface area contributed by atoms with E-state index in [1.54, 1.807) is 30.7 Å². The molecular formula is C19H24N4O2. The molecule has 0 aromatic carbocycles. The minimum absolute atomic E-state index is 0.0126. The molecule has 0 radical (unpaired) electrons. The Morgan fingerprint density at radius 2 is 2.16 bits per heavy atom. The van der Waals surface area contributed by atoms with Gasteiger partial charge in [0.1, 0.15) is 5.75 Å². The molecule has 1 fully saturated rings. The van der Waals surface area contributed by atoms with Crippen LogP contribution in [0.25, 0.3) is 0 Å². The average Bonchev–Trinajstić information content (AvgIpc) is 2.95. The number of rotatable bonds is 6. The van der Waals surface area contributed by atoms with Crippen LogP contribution in [-0.4, -0.2) is 46.5 Å². The van der Waals surface area contributed by atoms with Gasteiger partial charge in [-0.3, -0.25) is 14.8 Å². The summed E-state index contributed by atoms with van der Waals surface area (Å²) < 4.78 is 5.62. The number of amides is 1. The van der Waals surface area contributed by atoms with Crippen molar-refractivity contribution in [1.29, 1.82) is 0 Å². The Balaban J connectivity index is 1.68. The van der Waals surface area contributed by atoms with Crippen molar-refractivity contribution in [3.63, 3.8) is 0 Å². The largest absolute Gasteiger partial charge is 0.482 e. The average molecular weight is 340 g/mol. The Hall–Kier alpha value is -2.47. The van der Waals surface area contributed by atoms with E-state index in [1.807, 2.05) is 23.1 Å². The maximum Gasteiger partial charge on any atom is 0.261 e. The van der Waals surface area contributed by atoms with E-state index in [0.29, 0.717) is 12.3 Å². The molecular weight excluding hydrogens is 316 g/mol. The molecule has 1 aliphatic rings. The van der Waals surface area contributed by atoms with E-state index >= 15 is 0 Å². The van der Waals surface area contributed by atoms with Crippen LogP contribution in [0, 0.1) is 0 Å². The fourth-order valence-electron chi connectivity index (χ4n) is 3.06. The summed E-state index contributed by atoms with van der Waals surface area (Å²) in [4.78, 5) is 23.2. The summed E-state index contributed by atoms with van der Waals surface area (Å²) in [6.45, 7) is 2.47. The molecule has 0 aliphatic carbocycles. The first-order chi connectivity index (χ1) is 12.3. The van der Waals surface area contributed by atoms with E-state index < -0.39 is 0 Å². The van der Waals surface area contributed by atoms with Gasteiger partial charge >= 0.3 is 0 Å². The summed E-state index contributed by atoms with van der Waals surface area (Å²) >= 11 is 0. The van der Waals surface area contributed by atoms with E-state index in [0.717, 1.165) is 38.0 Å². The highest BCUT2D eigenvalue weighted by Gasteiger charge is 2.25. The molecule has 1 saturated heterocycles. The predicted molar refractivity (Wildman–Crippen MR) is 95.0 cm³/mol. The van der Waals surface area contributed by atoms with E-state index in [-0.39, 0.29) is 18.6 Å². The van der Waals surface area contributed by atoms with Gasteiger partial charge in [0, 0.05) is 18.4 Å². The molecule has 2 aromatic rings. The first kappa shape index (κ1) is 17.4. The van der Waals surface area contributed by atoms with Crippen LogP contribution in [0.3, 0.4) is 0 Å². The lowest BCUT2D eigenvalue weighted by Crippen LogP contribution is -2.43. The molecule has 0 bridgehead atoms. The number of carbonyl (C=O) groups excluding carboxylic acids is 1. The quantitative estimate of drug-likeness (QED) is 0.871. The van der Waals surface area contributed by atoms with E-state index in [2.05, 4.69) is 15.3 Å². The van der Waals surface area contributed by atoms with Crippen LogP contribution in [0.1, 0.15) is 25.0 Å². The molecule has 0 unspecified atom stereocenters. The summed E-state index contributed by atoms with van der Waals surface area (Å²) in [5.41, 5.74) is 0.898. The highest BCUT2D eigenvalue weighted by atomic mass is 16.5. The molecule has 3 rings (SSSR count). The van der Waals surface area contributed by atoms with Crippen molar-refractivity contribution in [3.05, 3.63) is 54.6 Å². The molecule has 1 aliphatic heterocycles. The number of carbonyl (C=O) groups is 1. The number of nitrogens with one attached hydrogen (secondary N) is 1. The van der Waals surface area contributed by atoms with Crippen LogP contribution < -0.4 is 10.1 Å². The zero-order valence-electron chi connectivity index (χ0n) is 14.3. The van der Waals surface area contributed by atoms with Gasteiger partial charge < -0.3 is 15.0 Å². The van der Waals surface area contributed by atoms with Gasteiger partial charge in [0.05, 0.1) is 18.4 Å². The lowest BCUT2D eigenvalue weighted by molar-refractivity contribution is -0.136. The number of hydrogen-bond donors (Lipinski definition) is 1. The fourth-order valence-corrected chi connectivity index (χ4v) is 3.06. The smallest absolute Gasteiger partial charge is 0.261 e. The van der Waals surface area contributed by atoms with Gasteiger partial charge in [-0.05, 0) is 56.6 Å². The fraction of sp³-hybridized carbons (Fsp3) is 0.421. The first-order valence-corrected chi connectivity index (χ1v) is 8.76. The summed E-state index contributed by atoms with van der Waals surface area (Å²) in [5.74, 6) is 0.595. The Morgan fingerprint density at radius 3 is 2.96 bits per heavy atom. The van der Waals surface area contributed by atoms with Gasteiger partial charge in [0.25, 0.3) is 5.91 Å². The van der Waals surface area contributed by atoms with Crippen molar-refractivity contribution in [2.24, 2.45) is 0 Å². The minimum Gasteiger partial charge on any atom is -0.482 e. The van der Waals surface area contributed by atoms with Crippen LogP contribution in [0.4, 0.5) is 0 Å². The second kappa shape index (κ2) is 9.13. The molecule has 6 heteroatoms. The first-order valence-electron chi connectivity index (χ1n) is 8.76. The maximum absolute atomic E-state index is 12.9. The number of ether oxygens (including phenoxy) is 1. The van der Waals surface area contributed by atoms with E-state index in [9.17, 15) is 4.79 Å². The van der Waals surface area contributed by atoms with Gasteiger partial charge in [-0.2, -0.15) is 0 Å². The SMILES string of the molecule is O=C(COc1cccnc1)N(Cc1ccccn1)[C@H]1CCCNCC1. The highest BCUT2D eigenvalue weighted by Crippen LogP contribution is 2.17. The Bertz CT molecular complexity index is 643. The van der Waals surface area contributed by atoms with Crippen molar-refractivity contribution in [1.82, 2.24) is 20.2 Å². The Labute approximate surface area is 148 Å². The molecule has 1 amide bonds. The van der Waals surface area contributed by atoms with Gasteiger partial charge in [-0.1, -0.05) is 6.07 Å². The number of hydrogen-bond acceptors (Lipinski definition) is 5. The third-order valence-corrected chi connectivity index (χ3v) is 4.36. The lowest BCUT2D eigenvalue weighted by Gasteiger charge is -2.31. The van der Waals surface area contributed by atoms with E-state index in [1.165, 1.54) is 0 Å². The third-order valence-electron chi connectivity index (χ3n) is 4.36. The Morgan fingerprint density at radius 1 is 1.20 bits per heavy atom. The van der Waals surface area contributed by atoms with Crippen molar-refractivity contribution < 1.29 is 9.53 Å². The van der Waals surface area contributed by atoms with Gasteiger partial charge in [-0.25, -0.2) is 0 Å². The van der Waals surface area contributed by atoms with Crippen LogP contribution in [0.15, 0.2) is 48.9 Å². The molecule has 0 saturated carbocycles. The minimum atomic E-state index is -0.0126. The topological polar surface area (TPSA) is 67.3 Å². The molecule has 25 heavy (non-hydrogen) atoms. The third kappa shape index (κ3) is 5.26. The molecule has 1 atom stereocenters. The van der Waals surface area contributed by atoms with Gasteiger partial charge in [0.15, 0.2) is 6.61 Å². The monoisotopic (exact) mass is 340 g/mol. The standard InChI is InChI=1S/C19H24N4O2/c24-19(15-25-18-7-4-10-21-13-18)23(14-16-5-1-2-11-22-16)17-6-3-9-20-12-8-17/h1-2,4-5,7,10-11,13,17,20H,3,6,8-9,12,14-15H2/t17-/m0/s1. The molecule has 6 nitrogen and oxygen atoms in total. The molecule has 0 spiro atoms. The molecule has 3 heterocycles. The van der Waals surface area contributed by atoms with Crippen LogP contribution in [0.5, 0.6) is 5.75 Å². The number of aromatic nitrogens is 2. The summed E-state index contributed by atoms with van der Waals surface area (Å²) in [5, 5.41) is 3.40. The molecule has 1 N–H and O–H groups in total. The summed E-state index contributed by atoms with van der Waals surface area (Å²) in [6, 6.07) is 9.60. The highest BCUT2D eigenvalue weighted by molar-refractivity contribution is 5.78. The summed E-state index contributed by atoms with van der Waals surface area (Å²) in [6.07, 6.45) is 8.08. The van der Waals surface area contributed by atoms with E-state index in [4.69, 9.17) is 4.74 Å². The van der Waals surface area contributed by atoms with Crippen molar-refractivity contribution in [2.75, 3.05) is 19.7 Å². The number of pyridine rings is 2. The molecule has 132 valence electrons. The van der Waals surface area contributed by atoms with Crippen LogP contribution in [-0.2, 0) is 11.3 Å². The second-order valence-corrected chi connectivity index (χ2v) is 6.15.